The van der Waals surface area contributed by atoms with Crippen LogP contribution in [-0.2, 0) is 0 Å². The maximum absolute atomic E-state index is 5.15. The van der Waals surface area contributed by atoms with Crippen molar-refractivity contribution in [1.82, 2.24) is 14.5 Å². The molecule has 0 fully saturated rings. The first-order valence-corrected chi connectivity index (χ1v) is 17.3. The summed E-state index contributed by atoms with van der Waals surface area (Å²) in [6, 6.07) is 52.6. The predicted octanol–water partition coefficient (Wildman–Crippen LogP) is 11.8. The van der Waals surface area contributed by atoms with Gasteiger partial charge in [-0.05, 0) is 84.9 Å². The van der Waals surface area contributed by atoms with E-state index in [4.69, 9.17) is 9.97 Å². The second kappa shape index (κ2) is 12.2. The second-order valence-corrected chi connectivity index (χ2v) is 13.1. The van der Waals surface area contributed by atoms with Crippen LogP contribution in [0.1, 0.15) is 0 Å². The molecular weight excluding hydrogens is 631 g/mol. The normalized spacial score (nSPS) is 12.8. The molecule has 9 rings (SSSR count). The van der Waals surface area contributed by atoms with Crippen LogP contribution >= 0.6 is 11.3 Å². The summed E-state index contributed by atoms with van der Waals surface area (Å²) in [5, 5.41) is 0.967. The number of anilines is 4. The number of para-hydroxylation sites is 4. The van der Waals surface area contributed by atoms with E-state index in [1.54, 1.807) is 11.3 Å². The van der Waals surface area contributed by atoms with E-state index >= 15 is 0 Å². The lowest BCUT2D eigenvalue weighted by Gasteiger charge is -2.40. The quantitative estimate of drug-likeness (QED) is 0.170. The molecule has 0 spiro atoms. The third kappa shape index (κ3) is 4.85. The van der Waals surface area contributed by atoms with Crippen molar-refractivity contribution < 1.29 is 0 Å². The summed E-state index contributed by atoms with van der Waals surface area (Å²) >= 11 is 1.69. The number of rotatable bonds is 7. The van der Waals surface area contributed by atoms with Gasteiger partial charge in [-0.3, -0.25) is 4.57 Å². The number of aromatic nitrogens is 3. The van der Waals surface area contributed by atoms with Gasteiger partial charge in [0.25, 0.3) is 0 Å². The number of thiazole rings is 1. The summed E-state index contributed by atoms with van der Waals surface area (Å²) < 4.78 is 3.34. The van der Waals surface area contributed by atoms with Crippen LogP contribution in [0.15, 0.2) is 188 Å². The monoisotopic (exact) mass is 661 g/mol. The van der Waals surface area contributed by atoms with Gasteiger partial charge in [0.05, 0.1) is 44.0 Å². The minimum absolute atomic E-state index is 0.916. The average Bonchev–Trinajstić information content (AvgIpc) is 3.78. The lowest BCUT2D eigenvalue weighted by atomic mass is 10.0. The standard InChI is InChI=1S/C44H31N5S/c1-3-37-38(4-2)48(40-23-15-14-22-39(40)47(37)32-18-10-6-11-19-32)34-26-24-31(25-27-34)44-46-36-28-41-35(29-42(36)50-44)45-43(30-16-8-5-9-17-30)49(41)33-20-12-7-13-21-33/h3-29H,1-2H2. The van der Waals surface area contributed by atoms with Gasteiger partial charge in [-0.1, -0.05) is 92.0 Å². The first kappa shape index (κ1) is 29.6. The Bertz CT molecular complexity index is 2570. The van der Waals surface area contributed by atoms with Gasteiger partial charge in [0, 0.05) is 28.2 Å². The number of hydrogen-bond acceptors (Lipinski definition) is 5. The van der Waals surface area contributed by atoms with Gasteiger partial charge in [-0.25, -0.2) is 9.97 Å². The van der Waals surface area contributed by atoms with Crippen molar-refractivity contribution in [1.29, 1.82) is 0 Å². The highest BCUT2D eigenvalue weighted by molar-refractivity contribution is 7.21. The Morgan fingerprint density at radius 3 is 1.64 bits per heavy atom. The molecule has 50 heavy (non-hydrogen) atoms. The second-order valence-electron chi connectivity index (χ2n) is 12.0. The molecule has 0 saturated carbocycles. The average molecular weight is 662 g/mol. The summed E-state index contributed by atoms with van der Waals surface area (Å²) in [4.78, 5) is 14.8. The van der Waals surface area contributed by atoms with Crippen molar-refractivity contribution >= 4 is 55.3 Å². The van der Waals surface area contributed by atoms with Gasteiger partial charge in [-0.15, -0.1) is 11.3 Å². The fourth-order valence-electron chi connectivity index (χ4n) is 6.85. The van der Waals surface area contributed by atoms with Crippen LogP contribution in [0.5, 0.6) is 0 Å². The molecule has 0 amide bonds. The van der Waals surface area contributed by atoms with Crippen LogP contribution in [0.2, 0.25) is 0 Å². The lowest BCUT2D eigenvalue weighted by Crippen LogP contribution is -2.30. The highest BCUT2D eigenvalue weighted by Crippen LogP contribution is 2.48. The first-order chi connectivity index (χ1) is 24.7. The van der Waals surface area contributed by atoms with E-state index in [0.29, 0.717) is 0 Å². The van der Waals surface area contributed by atoms with Gasteiger partial charge in [-0.2, -0.15) is 0 Å². The lowest BCUT2D eigenvalue weighted by molar-refractivity contribution is 1.07. The minimum atomic E-state index is 0.916. The summed E-state index contributed by atoms with van der Waals surface area (Å²) in [7, 11) is 0. The fraction of sp³-hybridized carbons (Fsp3) is 0. The minimum Gasteiger partial charge on any atom is -0.306 e. The van der Waals surface area contributed by atoms with Crippen LogP contribution in [-0.4, -0.2) is 14.5 Å². The zero-order valence-corrected chi connectivity index (χ0v) is 28.0. The number of fused-ring (bicyclic) bond motifs is 3. The molecule has 0 N–H and O–H groups in total. The van der Waals surface area contributed by atoms with E-state index in [0.717, 1.165) is 83.0 Å². The molecule has 6 heteroatoms. The molecule has 0 radical (unpaired) electrons. The van der Waals surface area contributed by atoms with E-state index in [-0.39, 0.29) is 0 Å². The van der Waals surface area contributed by atoms with E-state index in [1.165, 1.54) is 0 Å². The molecule has 0 unspecified atom stereocenters. The molecule has 2 aromatic heterocycles. The third-order valence-electron chi connectivity index (χ3n) is 9.09. The van der Waals surface area contributed by atoms with Crippen molar-refractivity contribution in [2.75, 3.05) is 9.80 Å². The molecular formula is C44H31N5S. The zero-order chi connectivity index (χ0) is 33.6. The molecule has 8 aromatic rings. The Morgan fingerprint density at radius 1 is 0.500 bits per heavy atom. The summed E-state index contributed by atoms with van der Waals surface area (Å²) in [5.74, 6) is 0.916. The molecule has 0 atom stereocenters. The summed E-state index contributed by atoms with van der Waals surface area (Å²) in [5.41, 5.74) is 12.3. The Labute approximate surface area is 294 Å². The predicted molar refractivity (Wildman–Crippen MR) is 210 cm³/mol. The number of hydrogen-bond donors (Lipinski definition) is 0. The van der Waals surface area contributed by atoms with Crippen molar-refractivity contribution in [2.45, 2.75) is 0 Å². The fourth-order valence-corrected chi connectivity index (χ4v) is 7.84. The topological polar surface area (TPSA) is 37.2 Å². The largest absolute Gasteiger partial charge is 0.306 e. The summed E-state index contributed by atoms with van der Waals surface area (Å²) in [6.07, 6.45) is 3.82. The number of benzene rings is 6. The third-order valence-corrected chi connectivity index (χ3v) is 10.2. The van der Waals surface area contributed by atoms with Gasteiger partial charge < -0.3 is 9.80 Å². The van der Waals surface area contributed by atoms with Crippen molar-refractivity contribution in [3.8, 4) is 27.6 Å². The van der Waals surface area contributed by atoms with Crippen LogP contribution in [0.3, 0.4) is 0 Å². The smallest absolute Gasteiger partial charge is 0.145 e. The Morgan fingerprint density at radius 2 is 1.04 bits per heavy atom. The van der Waals surface area contributed by atoms with Crippen molar-refractivity contribution in [2.24, 2.45) is 0 Å². The number of imidazole rings is 1. The van der Waals surface area contributed by atoms with Crippen LogP contribution in [0.4, 0.5) is 22.7 Å². The first-order valence-electron chi connectivity index (χ1n) is 16.5. The van der Waals surface area contributed by atoms with Gasteiger partial charge in [0.1, 0.15) is 10.8 Å². The molecule has 238 valence electrons. The molecule has 0 bridgehead atoms. The molecule has 0 aliphatic carbocycles. The molecule has 5 nitrogen and oxygen atoms in total. The van der Waals surface area contributed by atoms with Crippen molar-refractivity contribution in [3.63, 3.8) is 0 Å². The zero-order valence-electron chi connectivity index (χ0n) is 27.1. The molecule has 1 aliphatic heterocycles. The van der Waals surface area contributed by atoms with E-state index < -0.39 is 0 Å². The van der Waals surface area contributed by atoms with Crippen LogP contribution < -0.4 is 9.80 Å². The Kier molecular flexibility index (Phi) is 7.22. The maximum atomic E-state index is 5.15. The van der Waals surface area contributed by atoms with E-state index in [2.05, 4.69) is 161 Å². The van der Waals surface area contributed by atoms with Crippen molar-refractivity contribution in [3.05, 3.63) is 188 Å². The Balaban J connectivity index is 1.12. The van der Waals surface area contributed by atoms with E-state index in [1.807, 2.05) is 30.4 Å². The highest BCUT2D eigenvalue weighted by Gasteiger charge is 2.30. The van der Waals surface area contributed by atoms with Gasteiger partial charge >= 0.3 is 0 Å². The molecule has 3 heterocycles. The Hall–Kier alpha value is -6.50. The van der Waals surface area contributed by atoms with Crippen LogP contribution in [0.25, 0.3) is 48.9 Å². The SMILES string of the molecule is C=CC1=C(C=C)N(c2ccc(-c3nc4cc5c(cc4s3)nc(-c3ccccc3)n5-c3ccccc3)cc2)c2ccccc2N1c1ccccc1. The maximum Gasteiger partial charge on any atom is 0.145 e. The molecule has 1 aliphatic rings. The number of allylic oxidation sites excluding steroid dienone is 2. The number of nitrogens with zero attached hydrogens (tertiary/aromatic N) is 5. The molecule has 0 saturated heterocycles. The van der Waals surface area contributed by atoms with Crippen LogP contribution in [0, 0.1) is 0 Å². The van der Waals surface area contributed by atoms with Gasteiger partial charge in [0.15, 0.2) is 0 Å². The highest BCUT2D eigenvalue weighted by atomic mass is 32.1. The van der Waals surface area contributed by atoms with E-state index in [9.17, 15) is 0 Å². The summed E-state index contributed by atoms with van der Waals surface area (Å²) in [6.45, 7) is 8.43. The molecule has 6 aromatic carbocycles. The van der Waals surface area contributed by atoms with Gasteiger partial charge in [0.2, 0.25) is 0 Å².